The molecule has 0 spiro atoms. The van der Waals surface area contributed by atoms with E-state index in [1.165, 1.54) is 11.1 Å². The molecule has 86 valence electrons. The van der Waals surface area contributed by atoms with Crippen molar-refractivity contribution in [3.8, 4) is 0 Å². The summed E-state index contributed by atoms with van der Waals surface area (Å²) in [4.78, 5) is 11.3. The Morgan fingerprint density at radius 1 is 1.25 bits per heavy atom. The second-order valence-corrected chi connectivity index (χ2v) is 4.74. The first kappa shape index (κ1) is 11.3. The Balaban J connectivity index is 2.31. The quantitative estimate of drug-likeness (QED) is 0.825. The molecule has 0 saturated heterocycles. The van der Waals surface area contributed by atoms with Crippen molar-refractivity contribution in [3.63, 3.8) is 0 Å². The van der Waals surface area contributed by atoms with Gasteiger partial charge in [0.05, 0.1) is 0 Å². The maximum Gasteiger partial charge on any atom is 0.133 e. The lowest BCUT2D eigenvalue weighted by molar-refractivity contribution is -0.121. The van der Waals surface area contributed by atoms with Gasteiger partial charge < -0.3 is 5.32 Å². The van der Waals surface area contributed by atoms with E-state index in [-0.39, 0.29) is 5.54 Å². The lowest BCUT2D eigenvalue weighted by Gasteiger charge is -2.37. The maximum atomic E-state index is 11.3. The second-order valence-electron chi connectivity index (χ2n) is 4.74. The van der Waals surface area contributed by atoms with Crippen molar-refractivity contribution in [2.45, 2.75) is 38.1 Å². The van der Waals surface area contributed by atoms with Crippen LogP contribution in [0.15, 0.2) is 24.3 Å². The summed E-state index contributed by atoms with van der Waals surface area (Å²) in [5.41, 5.74) is 2.62. The third-order valence-electron chi connectivity index (χ3n) is 3.71. The van der Waals surface area contributed by atoms with Gasteiger partial charge >= 0.3 is 0 Å². The zero-order valence-corrected chi connectivity index (χ0v) is 10.0. The average Bonchev–Trinajstić information content (AvgIpc) is 2.31. The molecular formula is C14H19NO. The SMILES string of the molecule is CNC1(c2cccc(C)c2)CCC(=O)CC1. The molecule has 2 rings (SSSR count). The Morgan fingerprint density at radius 3 is 2.50 bits per heavy atom. The van der Waals surface area contributed by atoms with Gasteiger partial charge in [-0.1, -0.05) is 29.8 Å². The van der Waals surface area contributed by atoms with E-state index in [9.17, 15) is 4.79 Å². The van der Waals surface area contributed by atoms with Crippen LogP contribution in [-0.4, -0.2) is 12.8 Å². The molecule has 0 aromatic heterocycles. The highest BCUT2D eigenvalue weighted by molar-refractivity contribution is 5.79. The molecule has 0 amide bonds. The van der Waals surface area contributed by atoms with Crippen LogP contribution in [0.3, 0.4) is 0 Å². The van der Waals surface area contributed by atoms with Gasteiger partial charge in [-0.3, -0.25) is 4.79 Å². The topological polar surface area (TPSA) is 29.1 Å². The Labute approximate surface area is 97.1 Å². The number of rotatable bonds is 2. The Morgan fingerprint density at radius 2 is 1.94 bits per heavy atom. The molecule has 0 heterocycles. The highest BCUT2D eigenvalue weighted by atomic mass is 16.1. The lowest BCUT2D eigenvalue weighted by atomic mass is 9.76. The number of hydrogen-bond acceptors (Lipinski definition) is 2. The van der Waals surface area contributed by atoms with Gasteiger partial charge in [0.15, 0.2) is 0 Å². The van der Waals surface area contributed by atoms with E-state index in [0.29, 0.717) is 18.6 Å². The van der Waals surface area contributed by atoms with Crippen LogP contribution in [0.1, 0.15) is 36.8 Å². The minimum absolute atomic E-state index is 0.0138. The van der Waals surface area contributed by atoms with Crippen molar-refractivity contribution in [1.29, 1.82) is 0 Å². The van der Waals surface area contributed by atoms with Crippen molar-refractivity contribution < 1.29 is 4.79 Å². The maximum absolute atomic E-state index is 11.3. The van der Waals surface area contributed by atoms with Crippen LogP contribution in [0.25, 0.3) is 0 Å². The van der Waals surface area contributed by atoms with Crippen molar-refractivity contribution in [2.24, 2.45) is 0 Å². The van der Waals surface area contributed by atoms with E-state index >= 15 is 0 Å². The molecule has 2 nitrogen and oxygen atoms in total. The van der Waals surface area contributed by atoms with E-state index in [1.807, 2.05) is 7.05 Å². The van der Waals surface area contributed by atoms with E-state index < -0.39 is 0 Å². The van der Waals surface area contributed by atoms with Crippen LogP contribution < -0.4 is 5.32 Å². The summed E-state index contributed by atoms with van der Waals surface area (Å²) < 4.78 is 0. The molecule has 1 aliphatic carbocycles. The number of hydrogen-bond donors (Lipinski definition) is 1. The molecule has 1 N–H and O–H groups in total. The van der Waals surface area contributed by atoms with Crippen molar-refractivity contribution in [1.82, 2.24) is 5.32 Å². The molecule has 1 fully saturated rings. The first-order valence-corrected chi connectivity index (χ1v) is 5.94. The molecule has 16 heavy (non-hydrogen) atoms. The molecule has 2 heteroatoms. The van der Waals surface area contributed by atoms with Crippen LogP contribution in [0.5, 0.6) is 0 Å². The van der Waals surface area contributed by atoms with Gasteiger partial charge in [-0.25, -0.2) is 0 Å². The standard InChI is InChI=1S/C14H19NO/c1-11-4-3-5-12(10-11)14(15-2)8-6-13(16)7-9-14/h3-5,10,15H,6-9H2,1-2H3. The molecule has 0 aliphatic heterocycles. The fourth-order valence-corrected chi connectivity index (χ4v) is 2.58. The molecule has 0 radical (unpaired) electrons. The smallest absolute Gasteiger partial charge is 0.133 e. The molecule has 1 aromatic rings. The second kappa shape index (κ2) is 4.38. The van der Waals surface area contributed by atoms with Crippen molar-refractivity contribution in [2.75, 3.05) is 7.05 Å². The highest BCUT2D eigenvalue weighted by Crippen LogP contribution is 2.35. The van der Waals surface area contributed by atoms with Crippen molar-refractivity contribution in [3.05, 3.63) is 35.4 Å². The predicted molar refractivity (Wildman–Crippen MR) is 65.4 cm³/mol. The largest absolute Gasteiger partial charge is 0.310 e. The van der Waals surface area contributed by atoms with Crippen LogP contribution in [0.4, 0.5) is 0 Å². The summed E-state index contributed by atoms with van der Waals surface area (Å²) in [5, 5.41) is 3.43. The number of ketones is 1. The predicted octanol–water partition coefficient (Wildman–Crippen LogP) is 2.55. The summed E-state index contributed by atoms with van der Waals surface area (Å²) in [6, 6.07) is 8.60. The van der Waals surface area contributed by atoms with Gasteiger partial charge in [-0.15, -0.1) is 0 Å². The zero-order valence-electron chi connectivity index (χ0n) is 10.0. The summed E-state index contributed by atoms with van der Waals surface area (Å²) >= 11 is 0. The zero-order chi connectivity index (χ0) is 11.6. The first-order valence-electron chi connectivity index (χ1n) is 5.94. The number of aryl methyl sites for hydroxylation is 1. The Kier molecular flexibility index (Phi) is 3.10. The van der Waals surface area contributed by atoms with Crippen LogP contribution in [-0.2, 0) is 10.3 Å². The van der Waals surface area contributed by atoms with E-state index in [2.05, 4.69) is 36.5 Å². The van der Waals surface area contributed by atoms with Crippen LogP contribution in [0.2, 0.25) is 0 Å². The summed E-state index contributed by atoms with van der Waals surface area (Å²) in [5.74, 6) is 0.401. The van der Waals surface area contributed by atoms with Crippen molar-refractivity contribution >= 4 is 5.78 Å². The highest BCUT2D eigenvalue weighted by Gasteiger charge is 2.34. The van der Waals surface area contributed by atoms with Crippen LogP contribution in [0, 0.1) is 6.92 Å². The summed E-state index contributed by atoms with van der Waals surface area (Å²) in [6.45, 7) is 2.11. The number of carbonyl (C=O) groups is 1. The molecule has 1 saturated carbocycles. The van der Waals surface area contributed by atoms with E-state index in [4.69, 9.17) is 0 Å². The molecule has 0 unspecified atom stereocenters. The molecular weight excluding hydrogens is 198 g/mol. The van der Waals surface area contributed by atoms with E-state index in [0.717, 1.165) is 12.8 Å². The first-order chi connectivity index (χ1) is 7.66. The minimum Gasteiger partial charge on any atom is -0.310 e. The number of Topliss-reactive ketones (excluding diaryl/α,β-unsaturated/α-hetero) is 1. The van der Waals surface area contributed by atoms with Gasteiger partial charge in [0.2, 0.25) is 0 Å². The Bertz CT molecular complexity index is 387. The van der Waals surface area contributed by atoms with Gasteiger partial charge in [0.1, 0.15) is 5.78 Å². The number of carbonyl (C=O) groups excluding carboxylic acids is 1. The lowest BCUT2D eigenvalue weighted by Crippen LogP contribution is -2.43. The third kappa shape index (κ3) is 2.03. The van der Waals surface area contributed by atoms with Gasteiger partial charge in [-0.2, -0.15) is 0 Å². The molecule has 1 aromatic carbocycles. The minimum atomic E-state index is 0.0138. The fraction of sp³-hybridized carbons (Fsp3) is 0.500. The fourth-order valence-electron chi connectivity index (χ4n) is 2.58. The summed E-state index contributed by atoms with van der Waals surface area (Å²) in [7, 11) is 2.00. The third-order valence-corrected chi connectivity index (χ3v) is 3.71. The van der Waals surface area contributed by atoms with E-state index in [1.54, 1.807) is 0 Å². The number of nitrogens with one attached hydrogen (secondary N) is 1. The molecule has 0 bridgehead atoms. The normalized spacial score (nSPS) is 19.8. The monoisotopic (exact) mass is 217 g/mol. The molecule has 1 aliphatic rings. The Hall–Kier alpha value is -1.15. The van der Waals surface area contributed by atoms with Gasteiger partial charge in [-0.05, 0) is 32.4 Å². The van der Waals surface area contributed by atoms with Gasteiger partial charge in [0.25, 0.3) is 0 Å². The molecule has 0 atom stereocenters. The number of benzene rings is 1. The van der Waals surface area contributed by atoms with Gasteiger partial charge in [0, 0.05) is 18.4 Å². The van der Waals surface area contributed by atoms with Crippen LogP contribution >= 0.6 is 0 Å². The average molecular weight is 217 g/mol. The summed E-state index contributed by atoms with van der Waals surface area (Å²) in [6.07, 6.45) is 3.25.